The first-order chi connectivity index (χ1) is 5.59. The first-order valence-electron chi connectivity index (χ1n) is 4.17. The Morgan fingerprint density at radius 3 is 2.58 bits per heavy atom. The fourth-order valence-electron chi connectivity index (χ4n) is 1.00. The minimum Gasteiger partial charge on any atom is -0.392 e. The van der Waals surface area contributed by atoms with Crippen LogP contribution < -0.4 is 0 Å². The van der Waals surface area contributed by atoms with Gasteiger partial charge in [0, 0.05) is 11.7 Å². The zero-order chi connectivity index (χ0) is 9.14. The quantitative estimate of drug-likeness (QED) is 0.729. The van der Waals surface area contributed by atoms with E-state index in [0.29, 0.717) is 6.42 Å². The lowest BCUT2D eigenvalue weighted by Crippen LogP contribution is -2.14. The van der Waals surface area contributed by atoms with Crippen molar-refractivity contribution < 1.29 is 9.90 Å². The van der Waals surface area contributed by atoms with E-state index in [1.807, 2.05) is 6.92 Å². The molecular weight excluding hydrogens is 172 g/mol. The van der Waals surface area contributed by atoms with Crippen LogP contribution in [-0.4, -0.2) is 22.2 Å². The van der Waals surface area contributed by atoms with Crippen LogP contribution in [0.25, 0.3) is 0 Å². The van der Waals surface area contributed by atoms with Crippen LogP contribution in [0.3, 0.4) is 0 Å². The van der Waals surface area contributed by atoms with Crippen molar-refractivity contribution in [3.05, 3.63) is 11.0 Å². The van der Waals surface area contributed by atoms with E-state index in [0.717, 1.165) is 11.3 Å². The maximum Gasteiger partial charge on any atom is 0.156 e. The summed E-state index contributed by atoms with van der Waals surface area (Å²) in [7, 11) is 0. The molecule has 0 aromatic heterocycles. The van der Waals surface area contributed by atoms with Gasteiger partial charge in [-0.3, -0.25) is 4.79 Å². The minimum atomic E-state index is -0.313. The Morgan fingerprint density at radius 2 is 2.17 bits per heavy atom. The van der Waals surface area contributed by atoms with Crippen molar-refractivity contribution in [2.45, 2.75) is 38.0 Å². The number of ketones is 1. The van der Waals surface area contributed by atoms with Crippen LogP contribution in [0.4, 0.5) is 0 Å². The summed E-state index contributed by atoms with van der Waals surface area (Å²) in [4.78, 5) is 12.0. The third kappa shape index (κ3) is 2.64. The summed E-state index contributed by atoms with van der Waals surface area (Å²) >= 11 is 1.61. The topological polar surface area (TPSA) is 37.3 Å². The van der Waals surface area contributed by atoms with Gasteiger partial charge in [-0.15, -0.1) is 11.8 Å². The van der Waals surface area contributed by atoms with Crippen molar-refractivity contribution in [1.82, 2.24) is 0 Å². The minimum absolute atomic E-state index is 0.183. The third-order valence-corrected chi connectivity index (χ3v) is 3.35. The van der Waals surface area contributed by atoms with Gasteiger partial charge in [0.1, 0.15) is 0 Å². The molecule has 0 saturated heterocycles. The van der Waals surface area contributed by atoms with Gasteiger partial charge in [0.05, 0.1) is 6.10 Å². The molecule has 0 bridgehead atoms. The lowest BCUT2D eigenvalue weighted by atomic mass is 10.3. The van der Waals surface area contributed by atoms with Crippen LogP contribution in [0.5, 0.6) is 0 Å². The monoisotopic (exact) mass is 186 g/mol. The molecule has 2 atom stereocenters. The molecule has 0 spiro atoms. The summed E-state index contributed by atoms with van der Waals surface area (Å²) in [6.45, 7) is 3.74. The molecule has 0 radical (unpaired) electrons. The smallest absolute Gasteiger partial charge is 0.156 e. The highest BCUT2D eigenvalue weighted by atomic mass is 32.2. The van der Waals surface area contributed by atoms with Gasteiger partial charge in [-0.25, -0.2) is 0 Å². The number of allylic oxidation sites excluding steroid dienone is 2. The van der Waals surface area contributed by atoms with Gasteiger partial charge in [0.15, 0.2) is 5.78 Å². The Labute approximate surface area is 77.0 Å². The van der Waals surface area contributed by atoms with E-state index in [2.05, 4.69) is 0 Å². The number of carbonyl (C=O) groups is 1. The summed E-state index contributed by atoms with van der Waals surface area (Å²) in [5.41, 5.74) is 0. The van der Waals surface area contributed by atoms with E-state index in [1.54, 1.807) is 24.8 Å². The Balaban J connectivity index is 2.41. The van der Waals surface area contributed by atoms with E-state index in [1.165, 1.54) is 0 Å². The van der Waals surface area contributed by atoms with Crippen LogP contribution in [0.2, 0.25) is 0 Å². The SMILES string of the molecule is CC(O)C(C)SC1=CC(=O)CC1. The van der Waals surface area contributed by atoms with Gasteiger partial charge in [0.25, 0.3) is 0 Å². The van der Waals surface area contributed by atoms with Crippen LogP contribution in [0, 0.1) is 0 Å². The Kier molecular flexibility index (Phi) is 3.35. The van der Waals surface area contributed by atoms with Crippen molar-refractivity contribution in [3.63, 3.8) is 0 Å². The van der Waals surface area contributed by atoms with Crippen molar-refractivity contribution in [1.29, 1.82) is 0 Å². The fraction of sp³-hybridized carbons (Fsp3) is 0.667. The lowest BCUT2D eigenvalue weighted by Gasteiger charge is -2.13. The Bertz CT molecular complexity index is 209. The molecule has 2 unspecified atom stereocenters. The Morgan fingerprint density at radius 1 is 1.50 bits per heavy atom. The zero-order valence-electron chi connectivity index (χ0n) is 7.41. The standard InChI is InChI=1S/C9H14O2S/c1-6(10)7(2)12-9-4-3-8(11)5-9/h5-7,10H,3-4H2,1-2H3. The molecule has 1 N–H and O–H groups in total. The largest absolute Gasteiger partial charge is 0.392 e. The van der Waals surface area contributed by atoms with Gasteiger partial charge in [-0.2, -0.15) is 0 Å². The molecule has 0 amide bonds. The number of carbonyl (C=O) groups excluding carboxylic acids is 1. The fourth-order valence-corrected chi connectivity index (χ4v) is 2.09. The molecule has 0 heterocycles. The molecule has 0 fully saturated rings. The molecule has 68 valence electrons. The highest BCUT2D eigenvalue weighted by Gasteiger charge is 2.17. The second-order valence-electron chi connectivity index (χ2n) is 3.14. The molecular formula is C9H14O2S. The predicted molar refractivity (Wildman–Crippen MR) is 51.1 cm³/mol. The van der Waals surface area contributed by atoms with Crippen molar-refractivity contribution in [2.75, 3.05) is 0 Å². The summed E-state index contributed by atoms with van der Waals surface area (Å²) in [5, 5.41) is 9.40. The van der Waals surface area contributed by atoms with Gasteiger partial charge < -0.3 is 5.11 Å². The molecule has 0 aliphatic heterocycles. The Hall–Kier alpha value is -0.280. The number of thioether (sulfide) groups is 1. The van der Waals surface area contributed by atoms with Crippen LogP contribution in [0.15, 0.2) is 11.0 Å². The highest BCUT2D eigenvalue weighted by molar-refractivity contribution is 8.03. The van der Waals surface area contributed by atoms with Gasteiger partial charge in [0.2, 0.25) is 0 Å². The first-order valence-corrected chi connectivity index (χ1v) is 5.05. The summed E-state index contributed by atoms with van der Waals surface area (Å²) < 4.78 is 0. The van der Waals surface area contributed by atoms with Crippen molar-refractivity contribution in [3.8, 4) is 0 Å². The predicted octanol–water partition coefficient (Wildman–Crippen LogP) is 1.74. The summed E-state index contributed by atoms with van der Waals surface area (Å²) in [6.07, 6.45) is 2.89. The number of rotatable bonds is 3. The van der Waals surface area contributed by atoms with E-state index in [9.17, 15) is 9.90 Å². The maximum atomic E-state index is 10.9. The van der Waals surface area contributed by atoms with E-state index in [-0.39, 0.29) is 17.1 Å². The van der Waals surface area contributed by atoms with Gasteiger partial charge >= 0.3 is 0 Å². The van der Waals surface area contributed by atoms with Crippen molar-refractivity contribution in [2.24, 2.45) is 0 Å². The summed E-state index contributed by atoms with van der Waals surface area (Å²) in [6, 6.07) is 0. The highest BCUT2D eigenvalue weighted by Crippen LogP contribution is 2.31. The third-order valence-electron chi connectivity index (χ3n) is 1.96. The summed E-state index contributed by atoms with van der Waals surface area (Å²) in [5.74, 6) is 0.218. The zero-order valence-corrected chi connectivity index (χ0v) is 8.23. The van der Waals surface area contributed by atoms with E-state index >= 15 is 0 Å². The molecule has 3 heteroatoms. The molecule has 0 aromatic carbocycles. The molecule has 0 aromatic rings. The molecule has 1 aliphatic carbocycles. The average Bonchev–Trinajstić information content (AvgIpc) is 2.35. The second-order valence-corrected chi connectivity index (χ2v) is 4.64. The number of aliphatic hydroxyl groups excluding tert-OH is 1. The van der Waals surface area contributed by atoms with E-state index < -0.39 is 0 Å². The first kappa shape index (κ1) is 9.81. The maximum absolute atomic E-state index is 10.9. The van der Waals surface area contributed by atoms with Gasteiger partial charge in [-0.05, 0) is 24.3 Å². The van der Waals surface area contributed by atoms with Crippen LogP contribution in [0.1, 0.15) is 26.7 Å². The molecule has 1 rings (SSSR count). The molecule has 2 nitrogen and oxygen atoms in total. The number of aliphatic hydroxyl groups is 1. The normalized spacial score (nSPS) is 22.2. The average molecular weight is 186 g/mol. The molecule has 0 saturated carbocycles. The number of hydrogen-bond donors (Lipinski definition) is 1. The number of hydrogen-bond acceptors (Lipinski definition) is 3. The molecule has 1 aliphatic rings. The van der Waals surface area contributed by atoms with Gasteiger partial charge in [-0.1, -0.05) is 6.92 Å². The molecule has 12 heavy (non-hydrogen) atoms. The van der Waals surface area contributed by atoms with E-state index in [4.69, 9.17) is 0 Å². The second kappa shape index (κ2) is 4.10. The van der Waals surface area contributed by atoms with Crippen LogP contribution in [-0.2, 0) is 4.79 Å². The lowest BCUT2D eigenvalue weighted by molar-refractivity contribution is -0.114. The van der Waals surface area contributed by atoms with Crippen LogP contribution >= 0.6 is 11.8 Å². The van der Waals surface area contributed by atoms with Crippen molar-refractivity contribution >= 4 is 17.5 Å².